The quantitative estimate of drug-likeness (QED) is 0.897. The van der Waals surface area contributed by atoms with Crippen LogP contribution in [0.3, 0.4) is 0 Å². The molecule has 1 fully saturated rings. The van der Waals surface area contributed by atoms with Crippen LogP contribution in [-0.2, 0) is 4.74 Å². The first-order valence-electron chi connectivity index (χ1n) is 5.58. The molecule has 0 aromatic heterocycles. The fourth-order valence-corrected chi connectivity index (χ4v) is 2.20. The zero-order valence-electron chi connectivity index (χ0n) is 9.60. The summed E-state index contributed by atoms with van der Waals surface area (Å²) in [7, 11) is 0. The van der Waals surface area contributed by atoms with Crippen molar-refractivity contribution >= 4 is 21.8 Å². The van der Waals surface area contributed by atoms with Crippen molar-refractivity contribution in [2.75, 3.05) is 26.3 Å². The Kier molecular flexibility index (Phi) is 4.31. The van der Waals surface area contributed by atoms with E-state index in [2.05, 4.69) is 15.9 Å². The minimum absolute atomic E-state index is 0.114. The predicted molar refractivity (Wildman–Crippen MR) is 66.8 cm³/mol. The Balaban J connectivity index is 2.12. The van der Waals surface area contributed by atoms with Gasteiger partial charge in [-0.05, 0) is 34.1 Å². The van der Waals surface area contributed by atoms with Gasteiger partial charge in [-0.15, -0.1) is 0 Å². The summed E-state index contributed by atoms with van der Waals surface area (Å²) >= 11 is 3.05. The molecule has 6 heteroatoms. The van der Waals surface area contributed by atoms with Gasteiger partial charge in [0.1, 0.15) is 5.82 Å². The molecular formula is C12H13BrFNO3. The molecule has 1 amide bonds. The van der Waals surface area contributed by atoms with Gasteiger partial charge in [0, 0.05) is 18.7 Å². The Labute approximate surface area is 112 Å². The summed E-state index contributed by atoms with van der Waals surface area (Å²) in [5.74, 6) is -0.584. The Bertz CT molecular complexity index is 455. The average Bonchev–Trinajstić information content (AvgIpc) is 2.41. The second-order valence-electron chi connectivity index (χ2n) is 4.06. The molecule has 1 aromatic rings. The number of amides is 1. The lowest BCUT2D eigenvalue weighted by Crippen LogP contribution is -2.46. The van der Waals surface area contributed by atoms with Crippen molar-refractivity contribution in [3.8, 4) is 0 Å². The Morgan fingerprint density at radius 3 is 3.06 bits per heavy atom. The maximum absolute atomic E-state index is 13.1. The number of halogens is 2. The van der Waals surface area contributed by atoms with Crippen LogP contribution in [0.4, 0.5) is 4.39 Å². The summed E-state index contributed by atoms with van der Waals surface area (Å²) in [6.45, 7) is 1.12. The molecule has 18 heavy (non-hydrogen) atoms. The Morgan fingerprint density at radius 2 is 2.39 bits per heavy atom. The third-order valence-corrected chi connectivity index (χ3v) is 3.40. The van der Waals surface area contributed by atoms with Crippen molar-refractivity contribution in [1.29, 1.82) is 0 Å². The van der Waals surface area contributed by atoms with E-state index < -0.39 is 5.82 Å². The van der Waals surface area contributed by atoms with Crippen LogP contribution >= 0.6 is 15.9 Å². The first-order chi connectivity index (χ1) is 8.61. The standard InChI is InChI=1S/C12H13BrFNO3/c13-10-5-8(1-2-11(10)14)12(17)15-3-4-18-9(6-15)7-16/h1-2,5,9,16H,3-4,6-7H2. The van der Waals surface area contributed by atoms with Crippen molar-refractivity contribution in [2.45, 2.75) is 6.10 Å². The van der Waals surface area contributed by atoms with Crippen LogP contribution in [0.5, 0.6) is 0 Å². The Morgan fingerprint density at radius 1 is 1.61 bits per heavy atom. The monoisotopic (exact) mass is 317 g/mol. The fourth-order valence-electron chi connectivity index (χ4n) is 1.83. The number of ether oxygens (including phenoxy) is 1. The van der Waals surface area contributed by atoms with Crippen molar-refractivity contribution in [3.05, 3.63) is 34.1 Å². The molecule has 2 rings (SSSR count). The van der Waals surface area contributed by atoms with Crippen molar-refractivity contribution in [3.63, 3.8) is 0 Å². The van der Waals surface area contributed by atoms with E-state index >= 15 is 0 Å². The molecule has 1 saturated heterocycles. The maximum Gasteiger partial charge on any atom is 0.254 e. The summed E-state index contributed by atoms with van der Waals surface area (Å²) in [5.41, 5.74) is 0.418. The molecule has 1 aromatic carbocycles. The van der Waals surface area contributed by atoms with Gasteiger partial charge in [-0.1, -0.05) is 0 Å². The molecule has 1 atom stereocenters. The van der Waals surface area contributed by atoms with E-state index in [0.29, 0.717) is 25.3 Å². The van der Waals surface area contributed by atoms with Gasteiger partial charge < -0.3 is 14.7 Å². The zero-order chi connectivity index (χ0) is 13.1. The summed E-state index contributed by atoms with van der Waals surface area (Å²) < 4.78 is 18.6. The van der Waals surface area contributed by atoms with Gasteiger partial charge in [-0.3, -0.25) is 4.79 Å². The normalized spacial score (nSPS) is 19.9. The topological polar surface area (TPSA) is 49.8 Å². The van der Waals surface area contributed by atoms with Crippen LogP contribution < -0.4 is 0 Å². The van der Waals surface area contributed by atoms with Gasteiger partial charge in [0.2, 0.25) is 0 Å². The number of nitrogens with zero attached hydrogens (tertiary/aromatic N) is 1. The molecule has 0 spiro atoms. The van der Waals surface area contributed by atoms with E-state index in [-0.39, 0.29) is 23.1 Å². The van der Waals surface area contributed by atoms with Gasteiger partial charge in [-0.25, -0.2) is 4.39 Å². The first kappa shape index (κ1) is 13.5. The van der Waals surface area contributed by atoms with Crippen molar-refractivity contribution in [2.24, 2.45) is 0 Å². The molecule has 1 heterocycles. The SMILES string of the molecule is O=C(c1ccc(F)c(Br)c1)N1CCOC(CO)C1. The lowest BCUT2D eigenvalue weighted by Gasteiger charge is -2.32. The highest BCUT2D eigenvalue weighted by Crippen LogP contribution is 2.19. The van der Waals surface area contributed by atoms with E-state index in [4.69, 9.17) is 9.84 Å². The fraction of sp³-hybridized carbons (Fsp3) is 0.417. The number of hydrogen-bond donors (Lipinski definition) is 1. The molecule has 1 aliphatic rings. The smallest absolute Gasteiger partial charge is 0.254 e. The minimum Gasteiger partial charge on any atom is -0.394 e. The number of carbonyl (C=O) groups excluding carboxylic acids is 1. The van der Waals surface area contributed by atoms with E-state index in [0.717, 1.165) is 0 Å². The third-order valence-electron chi connectivity index (χ3n) is 2.80. The second kappa shape index (κ2) is 5.77. The summed E-state index contributed by atoms with van der Waals surface area (Å²) in [6.07, 6.45) is -0.341. The summed E-state index contributed by atoms with van der Waals surface area (Å²) in [5, 5.41) is 9.02. The number of aliphatic hydroxyl groups is 1. The van der Waals surface area contributed by atoms with Gasteiger partial charge in [-0.2, -0.15) is 0 Å². The van der Waals surface area contributed by atoms with Crippen molar-refractivity contribution in [1.82, 2.24) is 4.90 Å². The molecule has 1 aliphatic heterocycles. The molecule has 98 valence electrons. The van der Waals surface area contributed by atoms with E-state index in [1.54, 1.807) is 4.90 Å². The number of benzene rings is 1. The molecule has 0 saturated carbocycles. The number of aliphatic hydroxyl groups excluding tert-OH is 1. The number of hydrogen-bond acceptors (Lipinski definition) is 3. The van der Waals surface area contributed by atoms with Gasteiger partial charge in [0.25, 0.3) is 5.91 Å². The highest BCUT2D eigenvalue weighted by Gasteiger charge is 2.24. The van der Waals surface area contributed by atoms with Crippen LogP contribution in [-0.4, -0.2) is 48.3 Å². The number of carbonyl (C=O) groups is 1. The van der Waals surface area contributed by atoms with E-state index in [1.807, 2.05) is 0 Å². The van der Waals surface area contributed by atoms with Gasteiger partial charge >= 0.3 is 0 Å². The number of rotatable bonds is 2. The van der Waals surface area contributed by atoms with Crippen LogP contribution in [0.2, 0.25) is 0 Å². The van der Waals surface area contributed by atoms with Crippen LogP contribution in [0.25, 0.3) is 0 Å². The molecule has 0 bridgehead atoms. The second-order valence-corrected chi connectivity index (χ2v) is 4.91. The highest BCUT2D eigenvalue weighted by atomic mass is 79.9. The van der Waals surface area contributed by atoms with Crippen LogP contribution in [0.15, 0.2) is 22.7 Å². The summed E-state index contributed by atoms with van der Waals surface area (Å²) in [4.78, 5) is 13.8. The predicted octanol–water partition coefficient (Wildman–Crippen LogP) is 1.42. The van der Waals surface area contributed by atoms with Gasteiger partial charge in [0.05, 0.1) is 23.8 Å². The molecule has 1 unspecified atom stereocenters. The van der Waals surface area contributed by atoms with Gasteiger partial charge in [0.15, 0.2) is 0 Å². The molecule has 0 radical (unpaired) electrons. The molecule has 4 nitrogen and oxygen atoms in total. The average molecular weight is 318 g/mol. The number of morpholine rings is 1. The van der Waals surface area contributed by atoms with Crippen molar-refractivity contribution < 1.29 is 19.0 Å². The summed E-state index contributed by atoms with van der Waals surface area (Å²) in [6, 6.07) is 4.16. The maximum atomic E-state index is 13.1. The molecule has 0 aliphatic carbocycles. The molecule has 1 N–H and O–H groups in total. The van der Waals surface area contributed by atoms with Crippen LogP contribution in [0, 0.1) is 5.82 Å². The zero-order valence-corrected chi connectivity index (χ0v) is 11.2. The molecular weight excluding hydrogens is 305 g/mol. The van der Waals surface area contributed by atoms with E-state index in [9.17, 15) is 9.18 Å². The highest BCUT2D eigenvalue weighted by molar-refractivity contribution is 9.10. The Hall–Kier alpha value is -0.980. The van der Waals surface area contributed by atoms with Crippen LogP contribution in [0.1, 0.15) is 10.4 Å². The lowest BCUT2D eigenvalue weighted by atomic mass is 10.1. The lowest BCUT2D eigenvalue weighted by molar-refractivity contribution is -0.0447. The minimum atomic E-state index is -0.401. The third kappa shape index (κ3) is 2.88. The first-order valence-corrected chi connectivity index (χ1v) is 6.38. The van der Waals surface area contributed by atoms with E-state index in [1.165, 1.54) is 18.2 Å². The largest absolute Gasteiger partial charge is 0.394 e.